The summed E-state index contributed by atoms with van der Waals surface area (Å²) in [4.78, 5) is 4.28. The Bertz CT molecular complexity index is 546. The molecule has 0 aliphatic rings. The number of ether oxygens (including phenoxy) is 1. The van der Waals surface area contributed by atoms with Gasteiger partial charge < -0.3 is 15.2 Å². The van der Waals surface area contributed by atoms with Crippen LogP contribution in [0.5, 0.6) is 11.5 Å². The lowest BCUT2D eigenvalue weighted by atomic mass is 10.2. The van der Waals surface area contributed by atoms with Crippen molar-refractivity contribution in [2.24, 2.45) is 0 Å². The van der Waals surface area contributed by atoms with Gasteiger partial charge in [0.05, 0.1) is 17.6 Å². The molecule has 0 saturated heterocycles. The third-order valence-electron chi connectivity index (χ3n) is 2.74. The van der Waals surface area contributed by atoms with Gasteiger partial charge in [-0.25, -0.2) is 4.98 Å². The maximum Gasteiger partial charge on any atom is 0.172 e. The first-order valence-electron chi connectivity index (χ1n) is 5.80. The molecule has 1 aromatic heterocycles. The molecule has 2 aromatic rings. The van der Waals surface area contributed by atoms with Crippen molar-refractivity contribution in [1.29, 1.82) is 0 Å². The predicted molar refractivity (Wildman–Crippen MR) is 79.7 cm³/mol. The zero-order chi connectivity index (χ0) is 13.8. The van der Waals surface area contributed by atoms with Gasteiger partial charge in [0, 0.05) is 18.1 Å². The number of hydrogen-bond acceptors (Lipinski definition) is 5. The summed E-state index contributed by atoms with van der Waals surface area (Å²) in [5.74, 6) is 0.590. The van der Waals surface area contributed by atoms with Crippen LogP contribution in [0.1, 0.15) is 23.5 Å². The van der Waals surface area contributed by atoms with Crippen molar-refractivity contribution in [1.82, 2.24) is 10.3 Å². The third-order valence-corrected chi connectivity index (χ3v) is 4.31. The van der Waals surface area contributed by atoms with Crippen LogP contribution in [0, 0.1) is 0 Å². The molecule has 2 N–H and O–H groups in total. The Morgan fingerprint density at radius 3 is 2.95 bits per heavy atom. The molecule has 6 heteroatoms. The monoisotopic (exact) mass is 342 g/mol. The minimum Gasteiger partial charge on any atom is -0.503 e. The molecule has 0 saturated carbocycles. The molecule has 19 heavy (non-hydrogen) atoms. The molecule has 0 aliphatic heterocycles. The molecule has 0 fully saturated rings. The number of benzene rings is 1. The Labute approximate surface area is 124 Å². The molecule has 0 amide bonds. The molecule has 0 spiro atoms. The topological polar surface area (TPSA) is 54.4 Å². The van der Waals surface area contributed by atoms with Gasteiger partial charge in [-0.15, -0.1) is 11.3 Å². The molecule has 1 unspecified atom stereocenters. The second-order valence-corrected chi connectivity index (χ2v) is 5.88. The molecule has 2 rings (SSSR count). The second kappa shape index (κ2) is 6.36. The number of aromatic nitrogens is 1. The standard InChI is InChI=1S/C13H15BrN2O2S/c1-8(13-15-3-4-19-13)16-7-9-5-10(14)12(17)11(6-9)18-2/h3-6,8,16-17H,7H2,1-2H3. The Hall–Kier alpha value is -1.11. The highest BCUT2D eigenvalue weighted by Crippen LogP contribution is 2.35. The second-order valence-electron chi connectivity index (χ2n) is 4.10. The quantitative estimate of drug-likeness (QED) is 0.873. The van der Waals surface area contributed by atoms with E-state index in [1.54, 1.807) is 17.5 Å². The van der Waals surface area contributed by atoms with Gasteiger partial charge in [-0.05, 0) is 40.5 Å². The van der Waals surface area contributed by atoms with Crippen molar-refractivity contribution < 1.29 is 9.84 Å². The molecule has 4 nitrogen and oxygen atoms in total. The van der Waals surface area contributed by atoms with Crippen molar-refractivity contribution in [3.8, 4) is 11.5 Å². The van der Waals surface area contributed by atoms with Crippen LogP contribution in [0.4, 0.5) is 0 Å². The van der Waals surface area contributed by atoms with E-state index in [9.17, 15) is 5.11 Å². The van der Waals surface area contributed by atoms with Crippen LogP contribution in [0.2, 0.25) is 0 Å². The summed E-state index contributed by atoms with van der Waals surface area (Å²) in [5, 5.41) is 16.2. The summed E-state index contributed by atoms with van der Waals surface area (Å²) in [7, 11) is 1.54. The number of nitrogens with one attached hydrogen (secondary N) is 1. The van der Waals surface area contributed by atoms with Gasteiger partial charge in [-0.2, -0.15) is 0 Å². The normalized spacial score (nSPS) is 12.4. The van der Waals surface area contributed by atoms with Crippen molar-refractivity contribution >= 4 is 27.3 Å². The summed E-state index contributed by atoms with van der Waals surface area (Å²) < 4.78 is 5.76. The summed E-state index contributed by atoms with van der Waals surface area (Å²) >= 11 is 4.95. The van der Waals surface area contributed by atoms with Gasteiger partial charge in [0.25, 0.3) is 0 Å². The average molecular weight is 343 g/mol. The lowest BCUT2D eigenvalue weighted by molar-refractivity contribution is 0.371. The molecule has 0 bridgehead atoms. The number of methoxy groups -OCH3 is 1. The van der Waals surface area contributed by atoms with E-state index in [-0.39, 0.29) is 11.8 Å². The van der Waals surface area contributed by atoms with Gasteiger partial charge in [0.1, 0.15) is 5.01 Å². The Morgan fingerprint density at radius 1 is 1.53 bits per heavy atom. The summed E-state index contributed by atoms with van der Waals surface area (Å²) in [5.41, 5.74) is 1.03. The van der Waals surface area contributed by atoms with Crippen LogP contribution < -0.4 is 10.1 Å². The van der Waals surface area contributed by atoms with E-state index in [1.165, 1.54) is 7.11 Å². The summed E-state index contributed by atoms with van der Waals surface area (Å²) in [6.45, 7) is 2.75. The van der Waals surface area contributed by atoms with Crippen LogP contribution >= 0.6 is 27.3 Å². The number of aromatic hydroxyl groups is 1. The Balaban J connectivity index is 2.05. The molecular formula is C13H15BrN2O2S. The molecule has 1 atom stereocenters. The first kappa shape index (κ1) is 14.3. The van der Waals surface area contributed by atoms with Gasteiger partial charge in [0.2, 0.25) is 0 Å². The molecule has 0 radical (unpaired) electrons. The fourth-order valence-corrected chi connectivity index (χ4v) is 2.85. The van der Waals surface area contributed by atoms with Crippen molar-refractivity contribution in [2.45, 2.75) is 19.5 Å². The minimum atomic E-state index is 0.124. The summed E-state index contributed by atoms with van der Waals surface area (Å²) in [6.07, 6.45) is 1.80. The molecule has 1 aromatic carbocycles. The first-order valence-corrected chi connectivity index (χ1v) is 7.47. The van der Waals surface area contributed by atoms with Crippen LogP contribution in [0.25, 0.3) is 0 Å². The highest BCUT2D eigenvalue weighted by molar-refractivity contribution is 9.10. The molecule has 0 aliphatic carbocycles. The largest absolute Gasteiger partial charge is 0.503 e. The van der Waals surface area contributed by atoms with E-state index >= 15 is 0 Å². The van der Waals surface area contributed by atoms with Gasteiger partial charge in [0.15, 0.2) is 11.5 Å². The SMILES string of the molecule is COc1cc(CNC(C)c2nccs2)cc(Br)c1O. The third kappa shape index (κ3) is 3.46. The maximum absolute atomic E-state index is 9.75. The minimum absolute atomic E-state index is 0.124. The van der Waals surface area contributed by atoms with Gasteiger partial charge >= 0.3 is 0 Å². The zero-order valence-electron chi connectivity index (χ0n) is 10.7. The lowest BCUT2D eigenvalue weighted by Crippen LogP contribution is -2.17. The number of thiazole rings is 1. The van der Waals surface area contributed by atoms with Crippen molar-refractivity contribution in [3.63, 3.8) is 0 Å². The number of rotatable bonds is 5. The smallest absolute Gasteiger partial charge is 0.172 e. The van der Waals surface area contributed by atoms with Gasteiger partial charge in [-0.1, -0.05) is 0 Å². The highest BCUT2D eigenvalue weighted by Gasteiger charge is 2.11. The van der Waals surface area contributed by atoms with Crippen LogP contribution in [-0.4, -0.2) is 17.2 Å². The fourth-order valence-electron chi connectivity index (χ4n) is 1.69. The van der Waals surface area contributed by atoms with Crippen molar-refractivity contribution in [2.75, 3.05) is 7.11 Å². The average Bonchev–Trinajstić information content (AvgIpc) is 2.93. The number of halogens is 1. The summed E-state index contributed by atoms with van der Waals surface area (Å²) in [6, 6.07) is 3.89. The lowest BCUT2D eigenvalue weighted by Gasteiger charge is -2.13. The molecule has 102 valence electrons. The zero-order valence-corrected chi connectivity index (χ0v) is 13.1. The predicted octanol–water partition coefficient (Wildman–Crippen LogP) is 3.47. The van der Waals surface area contributed by atoms with E-state index in [0.29, 0.717) is 16.8 Å². The van der Waals surface area contributed by atoms with E-state index in [0.717, 1.165) is 10.6 Å². The first-order chi connectivity index (χ1) is 9.11. The van der Waals surface area contributed by atoms with E-state index in [1.807, 2.05) is 17.5 Å². The van der Waals surface area contributed by atoms with Crippen molar-refractivity contribution in [3.05, 3.63) is 38.8 Å². The van der Waals surface area contributed by atoms with Crippen LogP contribution in [-0.2, 0) is 6.54 Å². The Kier molecular flexibility index (Phi) is 4.79. The number of phenols is 1. The van der Waals surface area contributed by atoms with Crippen LogP contribution in [0.15, 0.2) is 28.2 Å². The molecular weight excluding hydrogens is 328 g/mol. The number of phenolic OH excluding ortho intramolecular Hbond substituents is 1. The van der Waals surface area contributed by atoms with Crippen LogP contribution in [0.3, 0.4) is 0 Å². The Morgan fingerprint density at radius 2 is 2.32 bits per heavy atom. The van der Waals surface area contributed by atoms with E-state index in [4.69, 9.17) is 4.74 Å². The highest BCUT2D eigenvalue weighted by atomic mass is 79.9. The maximum atomic E-state index is 9.75. The van der Waals surface area contributed by atoms with Gasteiger partial charge in [-0.3, -0.25) is 0 Å². The van der Waals surface area contributed by atoms with E-state index in [2.05, 4.69) is 33.2 Å². The fraction of sp³-hybridized carbons (Fsp3) is 0.308. The molecule has 1 heterocycles. The number of hydrogen-bond donors (Lipinski definition) is 2. The number of nitrogens with zero attached hydrogens (tertiary/aromatic N) is 1. The van der Waals surface area contributed by atoms with E-state index < -0.39 is 0 Å².